The third-order valence-electron chi connectivity index (χ3n) is 5.53. The van der Waals surface area contributed by atoms with E-state index in [4.69, 9.17) is 9.72 Å². The van der Waals surface area contributed by atoms with Gasteiger partial charge in [-0.3, -0.25) is 4.99 Å². The number of aliphatic imine (C=N–C) groups is 1. The third-order valence-corrected chi connectivity index (χ3v) is 6.38. The van der Waals surface area contributed by atoms with Crippen LogP contribution in [-0.2, 0) is 11.3 Å². The van der Waals surface area contributed by atoms with Crippen molar-refractivity contribution < 1.29 is 4.74 Å². The van der Waals surface area contributed by atoms with Crippen LogP contribution in [0, 0.1) is 5.41 Å². The molecule has 5 nitrogen and oxygen atoms in total. The maximum absolute atomic E-state index is 5.62. The van der Waals surface area contributed by atoms with Gasteiger partial charge in [0, 0.05) is 37.7 Å². The van der Waals surface area contributed by atoms with Crippen LogP contribution < -0.4 is 10.6 Å². The van der Waals surface area contributed by atoms with Gasteiger partial charge in [0.25, 0.3) is 0 Å². The fraction of sp³-hybridized carbons (Fsp3) is 0.545. The molecule has 1 aromatic carbocycles. The first kappa shape index (κ1) is 20.8. The summed E-state index contributed by atoms with van der Waals surface area (Å²) >= 11 is 1.68. The number of aromatic nitrogens is 1. The molecular formula is C22H32N4OS. The van der Waals surface area contributed by atoms with Crippen LogP contribution in [0.15, 0.2) is 40.7 Å². The molecule has 0 bridgehead atoms. The van der Waals surface area contributed by atoms with Crippen LogP contribution >= 0.6 is 11.3 Å². The van der Waals surface area contributed by atoms with Gasteiger partial charge in [-0.15, -0.1) is 11.3 Å². The smallest absolute Gasteiger partial charge is 0.191 e. The van der Waals surface area contributed by atoms with Gasteiger partial charge in [0.05, 0.1) is 12.2 Å². The molecule has 1 saturated carbocycles. The Morgan fingerprint density at radius 1 is 1.21 bits per heavy atom. The number of rotatable bonds is 9. The van der Waals surface area contributed by atoms with E-state index in [1.807, 2.05) is 25.2 Å². The normalized spacial score (nSPS) is 16.3. The summed E-state index contributed by atoms with van der Waals surface area (Å²) in [5.74, 6) is 0.846. The number of guanidine groups is 1. The molecule has 152 valence electrons. The van der Waals surface area contributed by atoms with Crippen LogP contribution in [0.4, 0.5) is 0 Å². The van der Waals surface area contributed by atoms with E-state index in [0.29, 0.717) is 12.0 Å². The predicted molar refractivity (Wildman–Crippen MR) is 118 cm³/mol. The number of nitrogens with one attached hydrogen (secondary N) is 2. The van der Waals surface area contributed by atoms with Crippen LogP contribution in [0.5, 0.6) is 0 Å². The van der Waals surface area contributed by atoms with Crippen molar-refractivity contribution in [2.24, 2.45) is 10.4 Å². The first-order chi connectivity index (χ1) is 13.7. The van der Waals surface area contributed by atoms with Gasteiger partial charge in [-0.2, -0.15) is 0 Å². The number of hydrogen-bond donors (Lipinski definition) is 2. The minimum atomic E-state index is 0.342. The lowest BCUT2D eigenvalue weighted by molar-refractivity contribution is 0.105. The Bertz CT molecular complexity index is 738. The number of thiazole rings is 1. The van der Waals surface area contributed by atoms with Gasteiger partial charge < -0.3 is 15.4 Å². The maximum atomic E-state index is 5.62. The first-order valence-corrected chi connectivity index (χ1v) is 11.1. The van der Waals surface area contributed by atoms with Crippen molar-refractivity contribution in [2.45, 2.75) is 45.6 Å². The number of nitrogens with zero attached hydrogens (tertiary/aromatic N) is 2. The Morgan fingerprint density at radius 2 is 2.00 bits per heavy atom. The van der Waals surface area contributed by atoms with Crippen LogP contribution in [0.25, 0.3) is 11.3 Å². The summed E-state index contributed by atoms with van der Waals surface area (Å²) in [7, 11) is 1.83. The van der Waals surface area contributed by atoms with Gasteiger partial charge in [0.2, 0.25) is 0 Å². The topological polar surface area (TPSA) is 58.5 Å². The molecule has 6 heteroatoms. The van der Waals surface area contributed by atoms with Crippen LogP contribution in [0.1, 0.15) is 44.0 Å². The molecule has 3 rings (SSSR count). The Hall–Kier alpha value is -1.92. The molecule has 1 aliphatic carbocycles. The van der Waals surface area contributed by atoms with E-state index in [2.05, 4.69) is 40.1 Å². The molecule has 0 spiro atoms. The molecule has 2 N–H and O–H groups in total. The Balaban J connectivity index is 1.50. The molecule has 0 unspecified atom stereocenters. The molecule has 0 aliphatic heterocycles. The van der Waals surface area contributed by atoms with E-state index in [1.54, 1.807) is 11.3 Å². The van der Waals surface area contributed by atoms with E-state index < -0.39 is 0 Å². The van der Waals surface area contributed by atoms with Crippen LogP contribution in [0.3, 0.4) is 0 Å². The fourth-order valence-electron chi connectivity index (χ4n) is 3.86. The first-order valence-electron chi connectivity index (χ1n) is 10.3. The zero-order valence-electron chi connectivity index (χ0n) is 17.0. The van der Waals surface area contributed by atoms with Crippen molar-refractivity contribution in [1.29, 1.82) is 0 Å². The molecule has 2 aromatic rings. The van der Waals surface area contributed by atoms with Crippen LogP contribution in [0.2, 0.25) is 0 Å². The molecule has 0 amide bonds. The lowest BCUT2D eigenvalue weighted by Gasteiger charge is -2.30. The Labute approximate surface area is 172 Å². The van der Waals surface area contributed by atoms with Gasteiger partial charge >= 0.3 is 0 Å². The maximum Gasteiger partial charge on any atom is 0.191 e. The molecule has 1 aromatic heterocycles. The van der Waals surface area contributed by atoms with Gasteiger partial charge in [0.15, 0.2) is 5.96 Å². The van der Waals surface area contributed by atoms with Crippen molar-refractivity contribution in [3.63, 3.8) is 0 Å². The highest BCUT2D eigenvalue weighted by molar-refractivity contribution is 7.09. The van der Waals surface area contributed by atoms with E-state index in [9.17, 15) is 0 Å². The highest BCUT2D eigenvalue weighted by Gasteiger charge is 2.33. The van der Waals surface area contributed by atoms with Gasteiger partial charge in [0.1, 0.15) is 5.01 Å². The van der Waals surface area contributed by atoms with Crippen molar-refractivity contribution in [3.8, 4) is 11.3 Å². The second-order valence-electron chi connectivity index (χ2n) is 7.43. The SMILES string of the molecule is CCOCCC1(CNC(=NC)NCc2nc(-c3ccccc3)cs2)CCCC1. The second kappa shape index (κ2) is 10.6. The lowest BCUT2D eigenvalue weighted by Crippen LogP contribution is -2.43. The average Bonchev–Trinajstić information content (AvgIpc) is 3.39. The highest BCUT2D eigenvalue weighted by atomic mass is 32.1. The zero-order chi connectivity index (χ0) is 19.7. The molecule has 1 aliphatic rings. The molecule has 1 heterocycles. The van der Waals surface area contributed by atoms with Crippen molar-refractivity contribution in [3.05, 3.63) is 40.7 Å². The highest BCUT2D eigenvalue weighted by Crippen LogP contribution is 2.40. The van der Waals surface area contributed by atoms with E-state index in [0.717, 1.165) is 48.4 Å². The van der Waals surface area contributed by atoms with Crippen molar-refractivity contribution >= 4 is 17.3 Å². The van der Waals surface area contributed by atoms with Gasteiger partial charge in [-0.1, -0.05) is 43.2 Å². The summed E-state index contributed by atoms with van der Waals surface area (Å²) in [6, 6.07) is 10.3. The second-order valence-corrected chi connectivity index (χ2v) is 8.37. The molecule has 0 saturated heterocycles. The van der Waals surface area contributed by atoms with Crippen molar-refractivity contribution in [1.82, 2.24) is 15.6 Å². The van der Waals surface area contributed by atoms with Crippen LogP contribution in [-0.4, -0.2) is 37.7 Å². The Kier molecular flexibility index (Phi) is 7.86. The summed E-state index contributed by atoms with van der Waals surface area (Å²) in [6.07, 6.45) is 6.31. The largest absolute Gasteiger partial charge is 0.382 e. The standard InChI is InChI=1S/C22H32N4OS/c1-3-27-14-13-22(11-7-8-12-22)17-25-21(23-2)24-15-20-26-19(16-28-20)18-9-5-4-6-10-18/h4-6,9-10,16H,3,7-8,11-15,17H2,1-2H3,(H2,23,24,25). The third kappa shape index (κ3) is 5.79. The molecular weight excluding hydrogens is 368 g/mol. The summed E-state index contributed by atoms with van der Waals surface area (Å²) in [6.45, 7) is 5.35. The van der Waals surface area contributed by atoms with E-state index >= 15 is 0 Å². The average molecular weight is 401 g/mol. The monoisotopic (exact) mass is 400 g/mol. The molecule has 28 heavy (non-hydrogen) atoms. The molecule has 1 fully saturated rings. The summed E-state index contributed by atoms with van der Waals surface area (Å²) < 4.78 is 5.62. The Morgan fingerprint density at radius 3 is 2.71 bits per heavy atom. The van der Waals surface area contributed by atoms with Crippen molar-refractivity contribution in [2.75, 3.05) is 26.8 Å². The number of benzene rings is 1. The summed E-state index contributed by atoms with van der Waals surface area (Å²) in [5, 5.41) is 10.1. The fourth-order valence-corrected chi connectivity index (χ4v) is 4.60. The minimum absolute atomic E-state index is 0.342. The summed E-state index contributed by atoms with van der Waals surface area (Å²) in [4.78, 5) is 9.14. The van der Waals surface area contributed by atoms with Gasteiger partial charge in [-0.25, -0.2) is 4.98 Å². The predicted octanol–water partition coefficient (Wildman–Crippen LogP) is 4.46. The molecule has 0 atom stereocenters. The minimum Gasteiger partial charge on any atom is -0.382 e. The summed E-state index contributed by atoms with van der Waals surface area (Å²) in [5.41, 5.74) is 2.53. The quantitative estimate of drug-likeness (QED) is 0.371. The van der Waals surface area contributed by atoms with E-state index in [1.165, 1.54) is 25.7 Å². The molecule has 0 radical (unpaired) electrons. The number of ether oxygens (including phenoxy) is 1. The zero-order valence-corrected chi connectivity index (χ0v) is 17.9. The lowest BCUT2D eigenvalue weighted by atomic mass is 9.83. The van der Waals surface area contributed by atoms with Gasteiger partial charge in [-0.05, 0) is 31.6 Å². The van der Waals surface area contributed by atoms with E-state index in [-0.39, 0.29) is 0 Å². The number of hydrogen-bond acceptors (Lipinski definition) is 4.